The van der Waals surface area contributed by atoms with Gasteiger partial charge < -0.3 is 19.5 Å². The Labute approximate surface area is 146 Å². The molecule has 2 aromatic rings. The van der Waals surface area contributed by atoms with E-state index in [1.807, 2.05) is 13.0 Å². The van der Waals surface area contributed by atoms with Crippen LogP contribution in [0.15, 0.2) is 36.5 Å². The second-order valence-corrected chi connectivity index (χ2v) is 4.98. The molecule has 0 saturated heterocycles. The lowest BCUT2D eigenvalue weighted by atomic mass is 10.2. The zero-order valence-electron chi connectivity index (χ0n) is 14.1. The third kappa shape index (κ3) is 5.39. The van der Waals surface area contributed by atoms with Crippen molar-refractivity contribution < 1.29 is 19.0 Å². The maximum Gasteiger partial charge on any atom is 0.258 e. The topological polar surface area (TPSA) is 93.5 Å². The number of pyridine rings is 1. The number of rotatable bonds is 8. The van der Waals surface area contributed by atoms with Crippen molar-refractivity contribution in [2.75, 3.05) is 20.3 Å². The molecule has 1 amide bonds. The van der Waals surface area contributed by atoms with Gasteiger partial charge in [-0.15, -0.1) is 0 Å². The van der Waals surface area contributed by atoms with Gasteiger partial charge in [0.15, 0.2) is 18.1 Å². The number of nitrogens with one attached hydrogen (secondary N) is 1. The number of nitriles is 1. The van der Waals surface area contributed by atoms with E-state index >= 15 is 0 Å². The van der Waals surface area contributed by atoms with E-state index in [0.717, 1.165) is 5.56 Å². The first-order chi connectivity index (χ1) is 12.2. The first-order valence-corrected chi connectivity index (χ1v) is 7.71. The van der Waals surface area contributed by atoms with Gasteiger partial charge >= 0.3 is 0 Å². The zero-order chi connectivity index (χ0) is 18.1. The summed E-state index contributed by atoms with van der Waals surface area (Å²) >= 11 is 0. The van der Waals surface area contributed by atoms with Gasteiger partial charge in [0, 0.05) is 24.9 Å². The van der Waals surface area contributed by atoms with E-state index in [4.69, 9.17) is 19.5 Å². The minimum atomic E-state index is -0.275. The van der Waals surface area contributed by atoms with Gasteiger partial charge in [0.1, 0.15) is 0 Å². The molecule has 0 aliphatic rings. The Kier molecular flexibility index (Phi) is 6.60. The van der Waals surface area contributed by atoms with Crippen molar-refractivity contribution in [3.63, 3.8) is 0 Å². The summed E-state index contributed by atoms with van der Waals surface area (Å²) in [6.45, 7) is 2.45. The molecular weight excluding hydrogens is 322 g/mol. The lowest BCUT2D eigenvalue weighted by Gasteiger charge is -2.12. The number of carbonyl (C=O) groups excluding carboxylic acids is 1. The van der Waals surface area contributed by atoms with Crippen LogP contribution in [0, 0.1) is 11.3 Å². The molecule has 7 heteroatoms. The molecule has 0 aliphatic carbocycles. The molecule has 0 radical (unpaired) electrons. The Balaban J connectivity index is 1.90. The highest BCUT2D eigenvalue weighted by atomic mass is 16.5. The van der Waals surface area contributed by atoms with Crippen LogP contribution >= 0.6 is 0 Å². The molecule has 1 N–H and O–H groups in total. The zero-order valence-corrected chi connectivity index (χ0v) is 14.1. The summed E-state index contributed by atoms with van der Waals surface area (Å²) in [5, 5.41) is 11.7. The number of benzene rings is 1. The van der Waals surface area contributed by atoms with E-state index in [2.05, 4.69) is 10.3 Å². The molecule has 1 aromatic carbocycles. The molecule has 0 unspecified atom stereocenters. The number of hydrogen-bond donors (Lipinski definition) is 1. The minimum absolute atomic E-state index is 0.159. The van der Waals surface area contributed by atoms with Gasteiger partial charge in [0.2, 0.25) is 5.88 Å². The number of carbonyl (C=O) groups is 1. The van der Waals surface area contributed by atoms with Gasteiger partial charge in [-0.3, -0.25) is 4.79 Å². The third-order valence-corrected chi connectivity index (χ3v) is 3.23. The maximum absolute atomic E-state index is 12.0. The minimum Gasteiger partial charge on any atom is -0.490 e. The predicted molar refractivity (Wildman–Crippen MR) is 90.5 cm³/mol. The normalized spacial score (nSPS) is 9.80. The Hall–Kier alpha value is -3.27. The summed E-state index contributed by atoms with van der Waals surface area (Å²) < 4.78 is 16.0. The van der Waals surface area contributed by atoms with Crippen LogP contribution in [0.1, 0.15) is 18.1 Å². The van der Waals surface area contributed by atoms with Crippen molar-refractivity contribution in [1.82, 2.24) is 10.3 Å². The summed E-state index contributed by atoms with van der Waals surface area (Å²) in [4.78, 5) is 16.0. The van der Waals surface area contributed by atoms with E-state index < -0.39 is 0 Å². The van der Waals surface area contributed by atoms with Gasteiger partial charge in [-0.1, -0.05) is 0 Å². The van der Waals surface area contributed by atoms with E-state index in [-0.39, 0.29) is 12.5 Å². The van der Waals surface area contributed by atoms with Crippen molar-refractivity contribution >= 4 is 5.91 Å². The fraction of sp³-hybridized carbons (Fsp3) is 0.278. The van der Waals surface area contributed by atoms with Crippen molar-refractivity contribution in [1.29, 1.82) is 5.26 Å². The highest BCUT2D eigenvalue weighted by molar-refractivity contribution is 5.77. The predicted octanol–water partition coefficient (Wildman–Crippen LogP) is 2.06. The molecule has 0 atom stereocenters. The number of ether oxygens (including phenoxy) is 3. The second kappa shape index (κ2) is 9.13. The first-order valence-electron chi connectivity index (χ1n) is 7.71. The molecule has 0 fully saturated rings. The van der Waals surface area contributed by atoms with Crippen molar-refractivity contribution in [3.05, 3.63) is 47.7 Å². The van der Waals surface area contributed by atoms with Gasteiger partial charge in [0.25, 0.3) is 5.91 Å². The highest BCUT2D eigenvalue weighted by Crippen LogP contribution is 2.28. The van der Waals surface area contributed by atoms with E-state index in [1.165, 1.54) is 7.11 Å². The van der Waals surface area contributed by atoms with Crippen LogP contribution in [0.3, 0.4) is 0 Å². The Bertz CT molecular complexity index is 771. The Morgan fingerprint density at radius 1 is 1.24 bits per heavy atom. The molecule has 1 heterocycles. The fourth-order valence-electron chi connectivity index (χ4n) is 2.03. The molecule has 7 nitrogen and oxygen atoms in total. The summed E-state index contributed by atoms with van der Waals surface area (Å²) in [7, 11) is 1.53. The molecule has 0 bridgehead atoms. The Morgan fingerprint density at radius 2 is 2.08 bits per heavy atom. The number of aromatic nitrogens is 1. The molecule has 0 saturated carbocycles. The summed E-state index contributed by atoms with van der Waals surface area (Å²) in [5.74, 6) is 1.07. The van der Waals surface area contributed by atoms with Gasteiger partial charge in [-0.25, -0.2) is 4.98 Å². The number of methoxy groups -OCH3 is 1. The monoisotopic (exact) mass is 341 g/mol. The maximum atomic E-state index is 12.0. The Morgan fingerprint density at radius 3 is 2.80 bits per heavy atom. The highest BCUT2D eigenvalue weighted by Gasteiger charge is 2.09. The second-order valence-electron chi connectivity index (χ2n) is 4.98. The van der Waals surface area contributed by atoms with Crippen LogP contribution in [0.5, 0.6) is 17.4 Å². The van der Waals surface area contributed by atoms with Crippen LogP contribution in [0.25, 0.3) is 0 Å². The molecule has 1 aromatic heterocycles. The summed E-state index contributed by atoms with van der Waals surface area (Å²) in [6, 6.07) is 10.4. The molecule has 2 rings (SSSR count). The average molecular weight is 341 g/mol. The van der Waals surface area contributed by atoms with Crippen LogP contribution in [0.4, 0.5) is 0 Å². The summed E-state index contributed by atoms with van der Waals surface area (Å²) in [6.07, 6.45) is 1.61. The standard InChI is InChI=1S/C18H19N3O4/c1-3-24-16-8-13(10-19)4-5-15(16)25-12-17(22)21-11-14-6-7-20-18(9-14)23-2/h4-9H,3,11-12H2,1-2H3,(H,21,22). The molecule has 130 valence electrons. The van der Waals surface area contributed by atoms with Crippen molar-refractivity contribution in [2.45, 2.75) is 13.5 Å². The van der Waals surface area contributed by atoms with E-state index in [0.29, 0.717) is 36.1 Å². The van der Waals surface area contributed by atoms with E-state index in [9.17, 15) is 4.79 Å². The first kappa shape index (κ1) is 18.1. The average Bonchev–Trinajstić information content (AvgIpc) is 2.65. The van der Waals surface area contributed by atoms with Crippen molar-refractivity contribution in [3.8, 4) is 23.4 Å². The van der Waals surface area contributed by atoms with Gasteiger partial charge in [-0.2, -0.15) is 5.26 Å². The molecular formula is C18H19N3O4. The summed E-state index contributed by atoms with van der Waals surface area (Å²) in [5.41, 5.74) is 1.33. The lowest BCUT2D eigenvalue weighted by Crippen LogP contribution is -2.28. The van der Waals surface area contributed by atoms with Crippen LogP contribution in [-0.4, -0.2) is 31.2 Å². The number of amides is 1. The lowest BCUT2D eigenvalue weighted by molar-refractivity contribution is -0.123. The van der Waals surface area contributed by atoms with E-state index in [1.54, 1.807) is 36.5 Å². The van der Waals surface area contributed by atoms with Crippen LogP contribution < -0.4 is 19.5 Å². The third-order valence-electron chi connectivity index (χ3n) is 3.23. The quantitative estimate of drug-likeness (QED) is 0.790. The number of nitrogens with zero attached hydrogens (tertiary/aromatic N) is 2. The van der Waals surface area contributed by atoms with Gasteiger partial charge in [0.05, 0.1) is 25.3 Å². The SMILES string of the molecule is CCOc1cc(C#N)ccc1OCC(=O)NCc1ccnc(OC)c1. The molecule has 25 heavy (non-hydrogen) atoms. The molecule has 0 aliphatic heterocycles. The smallest absolute Gasteiger partial charge is 0.258 e. The van der Waals surface area contributed by atoms with Crippen LogP contribution in [0.2, 0.25) is 0 Å². The fourth-order valence-corrected chi connectivity index (χ4v) is 2.03. The largest absolute Gasteiger partial charge is 0.490 e. The van der Waals surface area contributed by atoms with Crippen LogP contribution in [-0.2, 0) is 11.3 Å². The molecule has 0 spiro atoms. The number of hydrogen-bond acceptors (Lipinski definition) is 6. The van der Waals surface area contributed by atoms with Crippen molar-refractivity contribution in [2.24, 2.45) is 0 Å². The van der Waals surface area contributed by atoms with Gasteiger partial charge in [-0.05, 0) is 30.7 Å².